The van der Waals surface area contributed by atoms with Crippen LogP contribution in [0, 0.1) is 5.95 Å². The first-order valence-electron chi connectivity index (χ1n) is 3.35. The van der Waals surface area contributed by atoms with Crippen LogP contribution in [0.25, 0.3) is 0 Å². The highest BCUT2D eigenvalue weighted by atomic mass is 19.1. The minimum absolute atomic E-state index is 0.228. The summed E-state index contributed by atoms with van der Waals surface area (Å²) >= 11 is 0. The average Bonchev–Trinajstić information content (AvgIpc) is 2.03. The van der Waals surface area contributed by atoms with Gasteiger partial charge in [0.2, 0.25) is 5.95 Å². The molecule has 0 bridgehead atoms. The van der Waals surface area contributed by atoms with Crippen molar-refractivity contribution in [2.75, 3.05) is 12.4 Å². The molecule has 0 unspecified atom stereocenters. The predicted octanol–water partition coefficient (Wildman–Crippen LogP) is -1.06. The van der Waals surface area contributed by atoms with E-state index in [0.29, 0.717) is 5.82 Å². The number of aromatic nitrogens is 1. The molecule has 0 aliphatic carbocycles. The molecule has 1 aromatic heterocycles. The van der Waals surface area contributed by atoms with Crippen LogP contribution in [0.4, 0.5) is 10.2 Å². The number of rotatable bonds is 2. The van der Waals surface area contributed by atoms with Crippen molar-refractivity contribution in [1.82, 2.24) is 4.98 Å². The van der Waals surface area contributed by atoms with E-state index in [2.05, 4.69) is 10.3 Å². The first-order valence-corrected chi connectivity index (χ1v) is 3.35. The molecule has 6 heteroatoms. The molecular formula is C6H8BFN2O2. The molecule has 0 aliphatic heterocycles. The van der Waals surface area contributed by atoms with Crippen molar-refractivity contribution in [3.63, 3.8) is 0 Å². The lowest BCUT2D eigenvalue weighted by Gasteiger charge is -2.02. The zero-order valence-corrected chi connectivity index (χ0v) is 6.45. The molecule has 3 N–H and O–H groups in total. The van der Waals surface area contributed by atoms with Gasteiger partial charge in [-0.3, -0.25) is 0 Å². The molecule has 4 nitrogen and oxygen atoms in total. The van der Waals surface area contributed by atoms with Gasteiger partial charge >= 0.3 is 7.12 Å². The zero-order valence-electron chi connectivity index (χ0n) is 6.45. The van der Waals surface area contributed by atoms with E-state index in [-0.39, 0.29) is 5.46 Å². The minimum atomic E-state index is -1.82. The lowest BCUT2D eigenvalue weighted by molar-refractivity contribution is 0.422. The van der Waals surface area contributed by atoms with Gasteiger partial charge in [0.1, 0.15) is 5.82 Å². The fourth-order valence-electron chi connectivity index (χ4n) is 0.777. The lowest BCUT2D eigenvalue weighted by Crippen LogP contribution is -2.33. The maximum Gasteiger partial charge on any atom is 0.493 e. The monoisotopic (exact) mass is 170 g/mol. The smallest absolute Gasteiger partial charge is 0.423 e. The summed E-state index contributed by atoms with van der Waals surface area (Å²) in [6.45, 7) is 0. The third-order valence-corrected chi connectivity index (χ3v) is 1.41. The number of pyridine rings is 1. The Morgan fingerprint density at radius 3 is 2.58 bits per heavy atom. The molecule has 0 saturated heterocycles. The highest BCUT2D eigenvalue weighted by Gasteiger charge is 2.17. The summed E-state index contributed by atoms with van der Waals surface area (Å²) in [7, 11) is -0.222. The third-order valence-electron chi connectivity index (χ3n) is 1.41. The van der Waals surface area contributed by atoms with E-state index in [4.69, 9.17) is 10.0 Å². The Morgan fingerprint density at radius 1 is 1.50 bits per heavy atom. The Kier molecular flexibility index (Phi) is 2.62. The van der Waals surface area contributed by atoms with Crippen molar-refractivity contribution in [2.45, 2.75) is 0 Å². The van der Waals surface area contributed by atoms with E-state index >= 15 is 0 Å². The second kappa shape index (κ2) is 3.51. The van der Waals surface area contributed by atoms with Crippen molar-refractivity contribution >= 4 is 18.4 Å². The molecule has 0 saturated carbocycles. The Balaban J connectivity index is 3.03. The zero-order chi connectivity index (χ0) is 9.14. The van der Waals surface area contributed by atoms with Crippen molar-refractivity contribution in [3.05, 3.63) is 18.1 Å². The summed E-state index contributed by atoms with van der Waals surface area (Å²) in [4.78, 5) is 3.42. The number of anilines is 1. The number of hydrogen-bond donors (Lipinski definition) is 3. The molecule has 1 aromatic rings. The van der Waals surface area contributed by atoms with Crippen molar-refractivity contribution in [2.24, 2.45) is 0 Å². The van der Waals surface area contributed by atoms with Gasteiger partial charge in [-0.25, -0.2) is 4.98 Å². The van der Waals surface area contributed by atoms with Gasteiger partial charge < -0.3 is 15.4 Å². The molecular weight excluding hydrogens is 162 g/mol. The van der Waals surface area contributed by atoms with Crippen LogP contribution in [0.2, 0.25) is 0 Å². The number of nitrogens with one attached hydrogen (secondary N) is 1. The van der Waals surface area contributed by atoms with Gasteiger partial charge in [0.15, 0.2) is 0 Å². The van der Waals surface area contributed by atoms with E-state index in [1.807, 2.05) is 0 Å². The molecule has 0 atom stereocenters. The summed E-state index contributed by atoms with van der Waals surface area (Å²) in [6, 6.07) is 2.72. The molecule has 0 aromatic carbocycles. The maximum absolute atomic E-state index is 12.8. The SMILES string of the molecule is CNc1ccc(B(O)O)c(F)n1. The van der Waals surface area contributed by atoms with E-state index in [0.717, 1.165) is 0 Å². The Labute approximate surface area is 69.2 Å². The second-order valence-electron chi connectivity index (χ2n) is 2.20. The molecule has 1 heterocycles. The van der Waals surface area contributed by atoms with Crippen molar-refractivity contribution < 1.29 is 14.4 Å². The van der Waals surface area contributed by atoms with Crippen LogP contribution >= 0.6 is 0 Å². The van der Waals surface area contributed by atoms with Crippen LogP contribution in [0.5, 0.6) is 0 Å². The summed E-state index contributed by atoms with van der Waals surface area (Å²) in [5, 5.41) is 19.9. The van der Waals surface area contributed by atoms with Gasteiger partial charge in [0.25, 0.3) is 0 Å². The minimum Gasteiger partial charge on any atom is -0.423 e. The van der Waals surface area contributed by atoms with Gasteiger partial charge in [-0.1, -0.05) is 6.07 Å². The molecule has 0 amide bonds. The summed E-state index contributed by atoms with van der Waals surface area (Å²) in [5.74, 6) is -0.534. The number of nitrogens with zero attached hydrogens (tertiary/aromatic N) is 1. The lowest BCUT2D eigenvalue weighted by atomic mass is 9.81. The van der Waals surface area contributed by atoms with Gasteiger partial charge in [-0.15, -0.1) is 0 Å². The molecule has 1 rings (SSSR count). The van der Waals surface area contributed by atoms with Crippen LogP contribution < -0.4 is 10.8 Å². The number of hydrogen-bond acceptors (Lipinski definition) is 4. The quantitative estimate of drug-likeness (QED) is 0.391. The van der Waals surface area contributed by atoms with Gasteiger partial charge in [0.05, 0.1) is 0 Å². The molecule has 12 heavy (non-hydrogen) atoms. The van der Waals surface area contributed by atoms with Gasteiger partial charge in [-0.05, 0) is 6.07 Å². The van der Waals surface area contributed by atoms with Crippen LogP contribution in [0.3, 0.4) is 0 Å². The Bertz CT molecular complexity index is 282. The molecule has 0 aliphatic rings. The largest absolute Gasteiger partial charge is 0.493 e. The first-order chi connectivity index (χ1) is 5.65. The summed E-state index contributed by atoms with van der Waals surface area (Å²) in [5.41, 5.74) is -0.228. The fourth-order valence-corrected chi connectivity index (χ4v) is 0.777. The fraction of sp³-hybridized carbons (Fsp3) is 0.167. The summed E-state index contributed by atoms with van der Waals surface area (Å²) < 4.78 is 12.8. The third kappa shape index (κ3) is 1.72. The normalized spacial score (nSPS) is 9.67. The van der Waals surface area contributed by atoms with Crippen molar-refractivity contribution in [3.8, 4) is 0 Å². The average molecular weight is 170 g/mol. The number of halogens is 1. The highest BCUT2D eigenvalue weighted by molar-refractivity contribution is 6.58. The van der Waals surface area contributed by atoms with Crippen LogP contribution in [0.1, 0.15) is 0 Å². The standard InChI is InChI=1S/C6H8BFN2O2/c1-9-5-3-2-4(7(11)12)6(8)10-5/h2-3,11-12H,1H3,(H,9,10). The first kappa shape index (κ1) is 8.96. The Hall–Kier alpha value is -1.14. The maximum atomic E-state index is 12.8. The molecule has 0 spiro atoms. The van der Waals surface area contributed by atoms with Crippen molar-refractivity contribution in [1.29, 1.82) is 0 Å². The van der Waals surface area contributed by atoms with Crippen LogP contribution in [-0.4, -0.2) is 29.2 Å². The highest BCUT2D eigenvalue weighted by Crippen LogP contribution is 2.00. The molecule has 0 fully saturated rings. The Morgan fingerprint density at radius 2 is 2.17 bits per heavy atom. The predicted molar refractivity (Wildman–Crippen MR) is 43.6 cm³/mol. The molecule has 64 valence electrons. The van der Waals surface area contributed by atoms with E-state index in [1.165, 1.54) is 12.1 Å². The molecule has 0 radical (unpaired) electrons. The summed E-state index contributed by atoms with van der Waals surface area (Å²) in [6.07, 6.45) is 0. The van der Waals surface area contributed by atoms with E-state index < -0.39 is 13.1 Å². The van der Waals surface area contributed by atoms with E-state index in [1.54, 1.807) is 7.05 Å². The van der Waals surface area contributed by atoms with Crippen LogP contribution in [-0.2, 0) is 0 Å². The second-order valence-corrected chi connectivity index (χ2v) is 2.20. The van der Waals surface area contributed by atoms with Gasteiger partial charge in [-0.2, -0.15) is 4.39 Å². The topological polar surface area (TPSA) is 65.4 Å². The van der Waals surface area contributed by atoms with Gasteiger partial charge in [0, 0.05) is 12.5 Å². The van der Waals surface area contributed by atoms with E-state index in [9.17, 15) is 4.39 Å². The van der Waals surface area contributed by atoms with Crippen LogP contribution in [0.15, 0.2) is 12.1 Å².